The van der Waals surface area contributed by atoms with Crippen LogP contribution in [-0.2, 0) is 10.0 Å². The van der Waals surface area contributed by atoms with Crippen molar-refractivity contribution in [3.05, 3.63) is 29.3 Å². The van der Waals surface area contributed by atoms with Gasteiger partial charge < -0.3 is 0 Å². The molecule has 4 rings (SSSR count). The van der Waals surface area contributed by atoms with E-state index in [9.17, 15) is 21.6 Å². The Labute approximate surface area is 151 Å². The molecule has 0 aliphatic heterocycles. The van der Waals surface area contributed by atoms with Crippen molar-refractivity contribution in [3.8, 4) is 10.7 Å². The van der Waals surface area contributed by atoms with Gasteiger partial charge in [0.25, 0.3) is 6.43 Å². The van der Waals surface area contributed by atoms with E-state index in [1.807, 2.05) is 0 Å². The number of pyridine rings is 1. The van der Waals surface area contributed by atoms with Gasteiger partial charge >= 0.3 is 0 Å². The molecule has 0 bridgehead atoms. The molecule has 0 radical (unpaired) electrons. The van der Waals surface area contributed by atoms with Crippen LogP contribution in [0.2, 0.25) is 0 Å². The molecule has 0 unspecified atom stereocenters. The third kappa shape index (κ3) is 2.97. The summed E-state index contributed by atoms with van der Waals surface area (Å²) in [5.74, 6) is -0.848. The summed E-state index contributed by atoms with van der Waals surface area (Å²) in [6.45, 7) is 1.76. The summed E-state index contributed by atoms with van der Waals surface area (Å²) < 4.78 is 68.5. The Morgan fingerprint density at radius 2 is 2.12 bits per heavy atom. The van der Waals surface area contributed by atoms with Gasteiger partial charge in [-0.1, -0.05) is 11.3 Å². The molecule has 1 aliphatic carbocycles. The maximum absolute atomic E-state index is 14.4. The van der Waals surface area contributed by atoms with E-state index < -0.39 is 32.8 Å². The van der Waals surface area contributed by atoms with E-state index in [1.54, 1.807) is 6.92 Å². The fourth-order valence-electron chi connectivity index (χ4n) is 2.43. The van der Waals surface area contributed by atoms with Crippen LogP contribution in [0, 0.1) is 5.82 Å². The van der Waals surface area contributed by atoms with Gasteiger partial charge in [0.05, 0.1) is 6.20 Å². The summed E-state index contributed by atoms with van der Waals surface area (Å²) in [5, 5.41) is 6.65. The second-order valence-electron chi connectivity index (χ2n) is 6.27. The van der Waals surface area contributed by atoms with E-state index in [0.717, 1.165) is 6.07 Å². The van der Waals surface area contributed by atoms with Crippen molar-refractivity contribution >= 4 is 27.0 Å². The first-order valence-electron chi connectivity index (χ1n) is 7.51. The van der Waals surface area contributed by atoms with Gasteiger partial charge in [-0.2, -0.15) is 0 Å². The zero-order chi connectivity index (χ0) is 18.7. The Hall–Kier alpha value is -2.05. The largest absolute Gasteiger partial charge is 0.294 e. The number of nitrogens with zero attached hydrogens (tertiary/aromatic N) is 4. The second-order valence-corrected chi connectivity index (χ2v) is 8.96. The van der Waals surface area contributed by atoms with Gasteiger partial charge in [-0.15, -0.1) is 10.2 Å². The van der Waals surface area contributed by atoms with E-state index >= 15 is 0 Å². The van der Waals surface area contributed by atoms with Crippen molar-refractivity contribution in [3.63, 3.8) is 0 Å². The normalized spacial score (nSPS) is 16.5. The highest BCUT2D eigenvalue weighted by Crippen LogP contribution is 2.36. The van der Waals surface area contributed by atoms with Crippen molar-refractivity contribution in [2.75, 3.05) is 0 Å². The molecule has 12 heteroatoms. The summed E-state index contributed by atoms with van der Waals surface area (Å²) in [7, 11) is -3.95. The van der Waals surface area contributed by atoms with Gasteiger partial charge in [-0.05, 0) is 25.8 Å². The minimum Gasteiger partial charge on any atom is -0.294 e. The van der Waals surface area contributed by atoms with Gasteiger partial charge in [0.15, 0.2) is 21.5 Å². The van der Waals surface area contributed by atoms with Crippen molar-refractivity contribution < 1.29 is 23.0 Å². The van der Waals surface area contributed by atoms with Crippen molar-refractivity contribution in [2.45, 2.75) is 36.6 Å². The quantitative estimate of drug-likeness (QED) is 0.705. The Morgan fingerprint density at radius 3 is 2.73 bits per heavy atom. The van der Waals surface area contributed by atoms with Gasteiger partial charge in [0.1, 0.15) is 10.6 Å². The molecule has 3 aromatic heterocycles. The van der Waals surface area contributed by atoms with Gasteiger partial charge in [0.2, 0.25) is 10.0 Å². The van der Waals surface area contributed by atoms with E-state index in [1.165, 1.54) is 16.8 Å². The summed E-state index contributed by atoms with van der Waals surface area (Å²) in [5.41, 5.74) is -0.476. The number of hydrogen-bond donors (Lipinski definition) is 1. The van der Waals surface area contributed by atoms with Gasteiger partial charge in [-0.3, -0.25) is 4.40 Å². The third-order valence-electron chi connectivity index (χ3n) is 4.07. The first-order chi connectivity index (χ1) is 12.2. The molecule has 0 atom stereocenters. The number of nitrogens with one attached hydrogen (secondary N) is 1. The molecule has 1 N–H and O–H groups in total. The van der Waals surface area contributed by atoms with E-state index in [0.29, 0.717) is 24.2 Å². The molecule has 0 aromatic carbocycles. The van der Waals surface area contributed by atoms with E-state index in [4.69, 9.17) is 0 Å². The van der Waals surface area contributed by atoms with Crippen LogP contribution < -0.4 is 4.72 Å². The summed E-state index contributed by atoms with van der Waals surface area (Å²) in [6.07, 6.45) is 1.05. The monoisotopic (exact) mass is 405 g/mol. The molecule has 3 aromatic rings. The third-order valence-corrected chi connectivity index (χ3v) is 6.63. The number of sulfonamides is 1. The van der Waals surface area contributed by atoms with Crippen LogP contribution in [0.1, 0.15) is 32.6 Å². The molecule has 1 fully saturated rings. The zero-order valence-corrected chi connectivity index (χ0v) is 14.9. The maximum atomic E-state index is 14.4. The summed E-state index contributed by atoms with van der Waals surface area (Å²) >= 11 is 0.632. The lowest BCUT2D eigenvalue weighted by Crippen LogP contribution is -2.34. The predicted octanol–water partition coefficient (Wildman–Crippen LogP) is 3.01. The number of halogens is 3. The number of rotatable bonds is 5. The number of alkyl halides is 2. The zero-order valence-electron chi connectivity index (χ0n) is 13.3. The fourth-order valence-corrected chi connectivity index (χ4v) is 4.61. The molecule has 26 heavy (non-hydrogen) atoms. The van der Waals surface area contributed by atoms with Crippen LogP contribution in [0.4, 0.5) is 13.2 Å². The van der Waals surface area contributed by atoms with Gasteiger partial charge in [0, 0.05) is 13.2 Å². The minimum atomic E-state index is -3.95. The number of aromatic nitrogens is 4. The molecule has 1 aliphatic rings. The Morgan fingerprint density at radius 1 is 1.38 bits per heavy atom. The topological polar surface area (TPSA) is 89.2 Å². The second kappa shape index (κ2) is 5.72. The van der Waals surface area contributed by atoms with Crippen molar-refractivity contribution in [2.24, 2.45) is 0 Å². The minimum absolute atomic E-state index is 0. The molecule has 7 nitrogen and oxygen atoms in total. The Bertz CT molecular complexity index is 1110. The average molecular weight is 405 g/mol. The van der Waals surface area contributed by atoms with Crippen molar-refractivity contribution in [1.82, 2.24) is 24.3 Å². The lowest BCUT2D eigenvalue weighted by Gasteiger charge is -2.12. The highest BCUT2D eigenvalue weighted by atomic mass is 32.2. The molecular formula is C14H14F3N5O2S2. The molecule has 3 heterocycles. The van der Waals surface area contributed by atoms with E-state index in [-0.39, 0.29) is 22.7 Å². The molecule has 0 spiro atoms. The standard InChI is InChI=1S/C14H12F3N5O2S2.H2/c1-14(2-3-14)21-26(23,24)7-4-8(15)11-18-5-9(22(11)6-7)12-19-20-13(25-12)10(16)17;/h4-6,10,21H,2-3H2,1H3;1H. The van der Waals surface area contributed by atoms with Crippen LogP contribution in [0.5, 0.6) is 0 Å². The Balaban J connectivity index is 0.00000210. The summed E-state index contributed by atoms with van der Waals surface area (Å²) in [4.78, 5) is 3.60. The van der Waals surface area contributed by atoms with Crippen LogP contribution in [-0.4, -0.2) is 33.5 Å². The van der Waals surface area contributed by atoms with E-state index in [2.05, 4.69) is 19.9 Å². The average Bonchev–Trinajstić information content (AvgIpc) is 3.00. The first-order valence-corrected chi connectivity index (χ1v) is 9.81. The highest BCUT2D eigenvalue weighted by Gasteiger charge is 2.41. The SMILES string of the molecule is CC1(NS(=O)(=O)c2cc(F)c3ncc(-c4nnc(C(F)F)s4)n3c2)CC1.[HH]. The van der Waals surface area contributed by atoms with Crippen LogP contribution in [0.25, 0.3) is 16.3 Å². The smallest absolute Gasteiger partial charge is 0.291 e. The Kier molecular flexibility index (Phi) is 3.82. The molecule has 0 saturated heterocycles. The van der Waals surface area contributed by atoms with Gasteiger partial charge in [-0.25, -0.2) is 31.3 Å². The van der Waals surface area contributed by atoms with Crippen LogP contribution in [0.15, 0.2) is 23.4 Å². The highest BCUT2D eigenvalue weighted by molar-refractivity contribution is 7.89. The number of imidazole rings is 1. The maximum Gasteiger partial charge on any atom is 0.291 e. The van der Waals surface area contributed by atoms with Crippen molar-refractivity contribution in [1.29, 1.82) is 0 Å². The molecule has 0 amide bonds. The summed E-state index contributed by atoms with van der Waals surface area (Å²) in [6, 6.07) is 0.880. The lowest BCUT2D eigenvalue weighted by atomic mass is 10.4. The molecule has 140 valence electrons. The molecule has 1 saturated carbocycles. The fraction of sp³-hybridized carbons (Fsp3) is 0.357. The number of hydrogen-bond acceptors (Lipinski definition) is 6. The van der Waals surface area contributed by atoms with Crippen LogP contribution >= 0.6 is 11.3 Å². The molecular weight excluding hydrogens is 391 g/mol. The number of fused-ring (bicyclic) bond motifs is 1. The van der Waals surface area contributed by atoms with Crippen LogP contribution in [0.3, 0.4) is 0 Å². The lowest BCUT2D eigenvalue weighted by molar-refractivity contribution is 0.150. The first kappa shape index (κ1) is 17.4. The predicted molar refractivity (Wildman–Crippen MR) is 89.1 cm³/mol.